The van der Waals surface area contributed by atoms with Gasteiger partial charge in [0.1, 0.15) is 5.75 Å². The smallest absolute Gasteiger partial charge is 0.340 e. The van der Waals surface area contributed by atoms with Gasteiger partial charge in [-0.25, -0.2) is 4.79 Å². The molecule has 4 nitrogen and oxygen atoms in total. The van der Waals surface area contributed by atoms with E-state index in [1.165, 1.54) is 0 Å². The van der Waals surface area contributed by atoms with Gasteiger partial charge >= 0.3 is 5.97 Å². The summed E-state index contributed by atoms with van der Waals surface area (Å²) in [6.45, 7) is 2.52. The van der Waals surface area contributed by atoms with Crippen molar-refractivity contribution in [1.29, 1.82) is 0 Å². The number of methoxy groups -OCH3 is 1. The van der Waals surface area contributed by atoms with E-state index in [0.29, 0.717) is 23.6 Å². The minimum atomic E-state index is -0.395. The monoisotopic (exact) mass is 269 g/mol. The van der Waals surface area contributed by atoms with Crippen LogP contribution in [-0.2, 0) is 4.74 Å². The minimum absolute atomic E-state index is 0.359. The molecule has 1 rings (SSSR count). The van der Waals surface area contributed by atoms with E-state index >= 15 is 0 Å². The lowest BCUT2D eigenvalue weighted by Crippen LogP contribution is -2.10. The molecule has 0 amide bonds. The van der Waals surface area contributed by atoms with Gasteiger partial charge in [0.15, 0.2) is 0 Å². The molecule has 0 aliphatic heterocycles. The number of carbonyl (C=O) groups excluding carboxylic acids is 1. The van der Waals surface area contributed by atoms with Crippen LogP contribution in [-0.4, -0.2) is 31.2 Å². The first kappa shape index (κ1) is 14.7. The maximum atomic E-state index is 11.8. The zero-order valence-corrected chi connectivity index (χ0v) is 11.6. The fourth-order valence-corrected chi connectivity index (χ4v) is 2.00. The van der Waals surface area contributed by atoms with Crippen LogP contribution in [0.15, 0.2) is 18.2 Å². The van der Waals surface area contributed by atoms with Gasteiger partial charge in [-0.3, -0.25) is 0 Å². The predicted octanol–water partition coefficient (Wildman–Crippen LogP) is 2.58. The van der Waals surface area contributed by atoms with Gasteiger partial charge in [0.25, 0.3) is 0 Å². The molecule has 0 aliphatic carbocycles. The standard InChI is InChI=1S/C13H19NO3S/c1-3-18-8-4-7-17-13(15)11-9-10(16-2)5-6-12(11)14/h5-6,9H,3-4,7-8,14H2,1-2H3. The predicted molar refractivity (Wildman–Crippen MR) is 75.3 cm³/mol. The average molecular weight is 269 g/mol. The Hall–Kier alpha value is -1.36. The molecule has 1 aromatic carbocycles. The molecule has 0 heterocycles. The highest BCUT2D eigenvalue weighted by molar-refractivity contribution is 7.99. The van der Waals surface area contributed by atoms with Gasteiger partial charge in [-0.15, -0.1) is 0 Å². The zero-order chi connectivity index (χ0) is 13.4. The minimum Gasteiger partial charge on any atom is -0.497 e. The van der Waals surface area contributed by atoms with Crippen LogP contribution in [0.5, 0.6) is 5.75 Å². The quantitative estimate of drug-likeness (QED) is 0.468. The summed E-state index contributed by atoms with van der Waals surface area (Å²) in [5.41, 5.74) is 6.50. The number of benzene rings is 1. The highest BCUT2D eigenvalue weighted by Gasteiger charge is 2.12. The molecule has 0 radical (unpaired) electrons. The highest BCUT2D eigenvalue weighted by Crippen LogP contribution is 2.20. The summed E-state index contributed by atoms with van der Waals surface area (Å²) in [5, 5.41) is 0. The first-order valence-corrected chi connectivity index (χ1v) is 7.03. The number of nitrogen functional groups attached to an aromatic ring is 1. The number of nitrogens with two attached hydrogens (primary N) is 1. The van der Waals surface area contributed by atoms with Crippen molar-refractivity contribution in [2.24, 2.45) is 0 Å². The Morgan fingerprint density at radius 3 is 2.89 bits per heavy atom. The molecule has 0 spiro atoms. The molecule has 0 atom stereocenters. The lowest BCUT2D eigenvalue weighted by molar-refractivity contribution is 0.0507. The van der Waals surface area contributed by atoms with Crippen molar-refractivity contribution in [2.45, 2.75) is 13.3 Å². The van der Waals surface area contributed by atoms with Gasteiger partial charge in [-0.2, -0.15) is 11.8 Å². The van der Waals surface area contributed by atoms with E-state index < -0.39 is 5.97 Å². The maximum absolute atomic E-state index is 11.8. The summed E-state index contributed by atoms with van der Waals surface area (Å²) >= 11 is 1.83. The normalized spacial score (nSPS) is 10.1. The van der Waals surface area contributed by atoms with Crippen molar-refractivity contribution in [2.75, 3.05) is 31.0 Å². The average Bonchev–Trinajstić information content (AvgIpc) is 2.39. The lowest BCUT2D eigenvalue weighted by Gasteiger charge is -2.08. The Morgan fingerprint density at radius 1 is 1.44 bits per heavy atom. The Morgan fingerprint density at radius 2 is 2.22 bits per heavy atom. The lowest BCUT2D eigenvalue weighted by atomic mass is 10.2. The van der Waals surface area contributed by atoms with Crippen LogP contribution in [0.25, 0.3) is 0 Å². The van der Waals surface area contributed by atoms with Crippen molar-refractivity contribution in [3.05, 3.63) is 23.8 Å². The van der Waals surface area contributed by atoms with Gasteiger partial charge in [0.05, 0.1) is 19.3 Å². The number of thioether (sulfide) groups is 1. The fraction of sp³-hybridized carbons (Fsp3) is 0.462. The summed E-state index contributed by atoms with van der Waals surface area (Å²) in [5.74, 6) is 2.28. The van der Waals surface area contributed by atoms with Gasteiger partial charge in [-0.05, 0) is 36.1 Å². The second-order valence-corrected chi connectivity index (χ2v) is 5.03. The van der Waals surface area contributed by atoms with Crippen molar-refractivity contribution in [3.8, 4) is 5.75 Å². The Bertz CT molecular complexity index is 396. The number of anilines is 1. The maximum Gasteiger partial charge on any atom is 0.340 e. The topological polar surface area (TPSA) is 61.5 Å². The van der Waals surface area contributed by atoms with Gasteiger partial charge in [-0.1, -0.05) is 6.92 Å². The van der Waals surface area contributed by atoms with E-state index in [-0.39, 0.29) is 0 Å². The van der Waals surface area contributed by atoms with Crippen LogP contribution in [0.1, 0.15) is 23.7 Å². The summed E-state index contributed by atoms with van der Waals surface area (Å²) in [6, 6.07) is 4.95. The van der Waals surface area contributed by atoms with E-state index in [4.69, 9.17) is 15.2 Å². The van der Waals surface area contributed by atoms with E-state index in [1.807, 2.05) is 11.8 Å². The first-order chi connectivity index (χ1) is 8.69. The molecule has 0 saturated carbocycles. The number of hydrogen-bond donors (Lipinski definition) is 1. The number of rotatable bonds is 7. The van der Waals surface area contributed by atoms with E-state index in [9.17, 15) is 4.79 Å². The van der Waals surface area contributed by atoms with E-state index in [0.717, 1.165) is 17.9 Å². The summed E-state index contributed by atoms with van der Waals surface area (Å²) in [6.07, 6.45) is 0.855. The van der Waals surface area contributed by atoms with Crippen LogP contribution in [0.3, 0.4) is 0 Å². The van der Waals surface area contributed by atoms with Crippen LogP contribution in [0.4, 0.5) is 5.69 Å². The fourth-order valence-electron chi connectivity index (χ4n) is 1.39. The summed E-state index contributed by atoms with van der Waals surface area (Å²) in [4.78, 5) is 11.8. The molecule has 1 aromatic rings. The van der Waals surface area contributed by atoms with Crippen LogP contribution >= 0.6 is 11.8 Å². The van der Waals surface area contributed by atoms with Crippen LogP contribution < -0.4 is 10.5 Å². The third-order valence-electron chi connectivity index (χ3n) is 2.35. The van der Waals surface area contributed by atoms with Crippen LogP contribution in [0.2, 0.25) is 0 Å². The van der Waals surface area contributed by atoms with Crippen molar-refractivity contribution in [3.63, 3.8) is 0 Å². The summed E-state index contributed by atoms with van der Waals surface area (Å²) < 4.78 is 10.2. The van der Waals surface area contributed by atoms with Crippen LogP contribution in [0, 0.1) is 0 Å². The van der Waals surface area contributed by atoms with Gasteiger partial charge < -0.3 is 15.2 Å². The molecular weight excluding hydrogens is 250 g/mol. The Labute approximate surface area is 112 Å². The third-order valence-corrected chi connectivity index (χ3v) is 3.34. The molecular formula is C13H19NO3S. The molecule has 0 aliphatic rings. The van der Waals surface area contributed by atoms with Crippen molar-refractivity contribution < 1.29 is 14.3 Å². The van der Waals surface area contributed by atoms with Gasteiger partial charge in [0.2, 0.25) is 0 Å². The second-order valence-electron chi connectivity index (χ2n) is 3.64. The molecule has 0 unspecified atom stereocenters. The zero-order valence-electron chi connectivity index (χ0n) is 10.8. The molecule has 100 valence electrons. The molecule has 0 fully saturated rings. The Balaban J connectivity index is 2.50. The third kappa shape index (κ3) is 4.49. The summed E-state index contributed by atoms with van der Waals surface area (Å²) in [7, 11) is 1.54. The van der Waals surface area contributed by atoms with E-state index in [1.54, 1.807) is 25.3 Å². The van der Waals surface area contributed by atoms with Gasteiger partial charge in [0, 0.05) is 5.69 Å². The largest absolute Gasteiger partial charge is 0.497 e. The van der Waals surface area contributed by atoms with Crippen molar-refractivity contribution in [1.82, 2.24) is 0 Å². The number of esters is 1. The molecule has 0 saturated heterocycles. The molecule has 0 bridgehead atoms. The SMILES string of the molecule is CCSCCCOC(=O)c1cc(OC)ccc1N. The second kappa shape index (κ2) is 7.87. The molecule has 5 heteroatoms. The molecule has 18 heavy (non-hydrogen) atoms. The number of carbonyl (C=O) groups is 1. The Kier molecular flexibility index (Phi) is 6.43. The van der Waals surface area contributed by atoms with Crippen molar-refractivity contribution >= 4 is 23.4 Å². The van der Waals surface area contributed by atoms with E-state index in [2.05, 4.69) is 6.92 Å². The number of hydrogen-bond acceptors (Lipinski definition) is 5. The molecule has 0 aromatic heterocycles. The first-order valence-electron chi connectivity index (χ1n) is 5.87. The molecule has 2 N–H and O–H groups in total. The highest BCUT2D eigenvalue weighted by atomic mass is 32.2. The number of ether oxygens (including phenoxy) is 2.